The van der Waals surface area contributed by atoms with Crippen LogP contribution in [0.5, 0.6) is 0 Å². The van der Waals surface area contributed by atoms with Crippen molar-refractivity contribution in [2.24, 2.45) is 7.05 Å². The van der Waals surface area contributed by atoms with Crippen LogP contribution in [0.1, 0.15) is 0 Å². The Morgan fingerprint density at radius 2 is 1.61 bits per heavy atom. The van der Waals surface area contributed by atoms with Crippen LogP contribution < -0.4 is 5.56 Å². The molecule has 18 heavy (non-hydrogen) atoms. The minimum atomic E-state index is -1.74. The fourth-order valence-electron chi connectivity index (χ4n) is 1.48. The molecule has 0 aliphatic heterocycles. The lowest BCUT2D eigenvalue weighted by Gasteiger charge is -2.07. The molecular formula is C11H6F4N2O. The predicted molar refractivity (Wildman–Crippen MR) is 54.7 cm³/mol. The summed E-state index contributed by atoms with van der Waals surface area (Å²) in [5.41, 5.74) is -1.47. The van der Waals surface area contributed by atoms with Crippen LogP contribution in [0.4, 0.5) is 17.6 Å². The highest BCUT2D eigenvalue weighted by atomic mass is 19.2. The van der Waals surface area contributed by atoms with E-state index in [-0.39, 0.29) is 5.56 Å². The molecule has 0 fully saturated rings. The van der Waals surface area contributed by atoms with Crippen LogP contribution in [-0.2, 0) is 7.05 Å². The van der Waals surface area contributed by atoms with Gasteiger partial charge in [0.2, 0.25) is 5.56 Å². The second kappa shape index (κ2) is 4.25. The van der Waals surface area contributed by atoms with E-state index < -0.39 is 34.7 Å². The maximum Gasteiger partial charge on any atom is 0.252 e. The number of nitrogens with zero attached hydrogens (tertiary/aromatic N) is 2. The van der Waals surface area contributed by atoms with Crippen molar-refractivity contribution in [2.45, 2.75) is 0 Å². The molecule has 2 heterocycles. The molecule has 0 radical (unpaired) electrons. The molecule has 0 bridgehead atoms. The Morgan fingerprint density at radius 1 is 1.06 bits per heavy atom. The van der Waals surface area contributed by atoms with Gasteiger partial charge < -0.3 is 4.57 Å². The molecule has 2 aromatic heterocycles. The van der Waals surface area contributed by atoms with E-state index in [0.717, 1.165) is 22.9 Å². The van der Waals surface area contributed by atoms with Crippen molar-refractivity contribution >= 4 is 0 Å². The molecule has 0 saturated carbocycles. The van der Waals surface area contributed by atoms with Crippen molar-refractivity contribution in [3.63, 3.8) is 0 Å². The maximum absolute atomic E-state index is 13.4. The average Bonchev–Trinajstić information content (AvgIpc) is 2.31. The first-order valence-corrected chi connectivity index (χ1v) is 4.79. The first kappa shape index (κ1) is 12.3. The summed E-state index contributed by atoms with van der Waals surface area (Å²) in [7, 11) is 1.34. The van der Waals surface area contributed by atoms with Crippen molar-refractivity contribution in [3.05, 3.63) is 52.2 Å². The topological polar surface area (TPSA) is 34.9 Å². The lowest BCUT2D eigenvalue weighted by atomic mass is 10.1. The van der Waals surface area contributed by atoms with Gasteiger partial charge in [0.25, 0.3) is 11.9 Å². The SMILES string of the molecule is Cn1cc(-c2c(F)c(F)nc(F)c2F)ccc1=O. The van der Waals surface area contributed by atoms with Crippen molar-refractivity contribution in [2.75, 3.05) is 0 Å². The van der Waals surface area contributed by atoms with Crippen LogP contribution in [0.3, 0.4) is 0 Å². The Hall–Kier alpha value is -2.18. The van der Waals surface area contributed by atoms with Crippen molar-refractivity contribution in [1.82, 2.24) is 9.55 Å². The molecule has 0 aromatic carbocycles. The molecule has 0 saturated heterocycles. The van der Waals surface area contributed by atoms with Crippen LogP contribution in [0.2, 0.25) is 0 Å². The zero-order valence-corrected chi connectivity index (χ0v) is 9.05. The molecule has 0 atom stereocenters. The Balaban J connectivity index is 2.78. The van der Waals surface area contributed by atoms with E-state index in [1.165, 1.54) is 7.05 Å². The minimum absolute atomic E-state index is 0.160. The van der Waals surface area contributed by atoms with E-state index in [4.69, 9.17) is 0 Å². The molecule has 0 aliphatic carbocycles. The van der Waals surface area contributed by atoms with Gasteiger partial charge in [-0.3, -0.25) is 4.79 Å². The average molecular weight is 258 g/mol. The lowest BCUT2D eigenvalue weighted by Crippen LogP contribution is -2.14. The van der Waals surface area contributed by atoms with E-state index in [2.05, 4.69) is 4.98 Å². The number of aromatic nitrogens is 2. The van der Waals surface area contributed by atoms with Crippen LogP contribution in [0, 0.1) is 23.5 Å². The van der Waals surface area contributed by atoms with Gasteiger partial charge in [-0.15, -0.1) is 0 Å². The van der Waals surface area contributed by atoms with Crippen LogP contribution in [0.15, 0.2) is 23.1 Å². The molecule has 2 aromatic rings. The second-order valence-electron chi connectivity index (χ2n) is 3.56. The molecule has 7 heteroatoms. The van der Waals surface area contributed by atoms with E-state index in [1.807, 2.05) is 0 Å². The molecule has 0 unspecified atom stereocenters. The first-order chi connectivity index (χ1) is 8.41. The summed E-state index contributed by atoms with van der Waals surface area (Å²) < 4.78 is 53.7. The van der Waals surface area contributed by atoms with E-state index in [1.54, 1.807) is 0 Å². The number of aryl methyl sites for hydroxylation is 1. The molecule has 0 spiro atoms. The molecule has 0 amide bonds. The molecule has 2 rings (SSSR count). The Morgan fingerprint density at radius 3 is 2.11 bits per heavy atom. The molecule has 94 valence electrons. The third kappa shape index (κ3) is 1.87. The van der Waals surface area contributed by atoms with Crippen LogP contribution in [0.25, 0.3) is 11.1 Å². The standard InChI is InChI=1S/C11H6F4N2O/c1-17-4-5(2-3-6(17)18)7-8(12)10(14)16-11(15)9(7)13/h2-4H,1H3. The molecular weight excluding hydrogens is 252 g/mol. The van der Waals surface area contributed by atoms with Crippen LogP contribution in [-0.4, -0.2) is 9.55 Å². The molecule has 0 aliphatic rings. The van der Waals surface area contributed by atoms with Crippen molar-refractivity contribution < 1.29 is 17.6 Å². The number of hydrogen-bond acceptors (Lipinski definition) is 2. The van der Waals surface area contributed by atoms with Crippen molar-refractivity contribution in [3.8, 4) is 11.1 Å². The smallest absolute Gasteiger partial charge is 0.252 e. The summed E-state index contributed by atoms with van der Waals surface area (Å²) in [6, 6.07) is 2.10. The van der Waals surface area contributed by atoms with Gasteiger partial charge in [0.15, 0.2) is 11.6 Å². The van der Waals surface area contributed by atoms with Gasteiger partial charge in [-0.1, -0.05) is 0 Å². The summed E-state index contributed by atoms with van der Waals surface area (Å²) in [5, 5.41) is 0. The fraction of sp³-hybridized carbons (Fsp3) is 0.0909. The van der Waals surface area contributed by atoms with Gasteiger partial charge in [0.05, 0.1) is 5.56 Å². The molecule has 3 nitrogen and oxygen atoms in total. The van der Waals surface area contributed by atoms with Gasteiger partial charge in [-0.25, -0.2) is 8.78 Å². The highest BCUT2D eigenvalue weighted by molar-refractivity contribution is 5.63. The first-order valence-electron chi connectivity index (χ1n) is 4.79. The van der Waals surface area contributed by atoms with Gasteiger partial charge in [-0.2, -0.15) is 13.8 Å². The van der Waals surface area contributed by atoms with Gasteiger partial charge in [-0.05, 0) is 6.07 Å². The number of halogens is 4. The van der Waals surface area contributed by atoms with E-state index in [0.29, 0.717) is 0 Å². The Kier molecular flexibility index (Phi) is 2.90. The lowest BCUT2D eigenvalue weighted by molar-refractivity contribution is 0.410. The fourth-order valence-corrected chi connectivity index (χ4v) is 1.48. The third-order valence-electron chi connectivity index (χ3n) is 2.37. The summed E-state index contributed by atoms with van der Waals surface area (Å²) in [6.45, 7) is 0. The second-order valence-corrected chi connectivity index (χ2v) is 3.56. The summed E-state index contributed by atoms with van der Waals surface area (Å²) in [6.07, 6.45) is 1.07. The monoisotopic (exact) mass is 258 g/mol. The minimum Gasteiger partial charge on any atom is -0.318 e. The highest BCUT2D eigenvalue weighted by Crippen LogP contribution is 2.27. The van der Waals surface area contributed by atoms with E-state index >= 15 is 0 Å². The summed E-state index contributed by atoms with van der Waals surface area (Å²) in [4.78, 5) is 13.6. The number of rotatable bonds is 1. The van der Waals surface area contributed by atoms with Gasteiger partial charge in [0, 0.05) is 24.9 Å². The van der Waals surface area contributed by atoms with Gasteiger partial charge in [0.1, 0.15) is 0 Å². The van der Waals surface area contributed by atoms with Crippen molar-refractivity contribution in [1.29, 1.82) is 0 Å². The number of pyridine rings is 2. The normalized spacial score (nSPS) is 10.7. The van der Waals surface area contributed by atoms with Crippen LogP contribution >= 0.6 is 0 Å². The van der Waals surface area contributed by atoms with Gasteiger partial charge >= 0.3 is 0 Å². The molecule has 0 N–H and O–H groups in total. The Bertz CT molecular complexity index is 655. The zero-order valence-electron chi connectivity index (χ0n) is 9.05. The largest absolute Gasteiger partial charge is 0.318 e. The quantitative estimate of drug-likeness (QED) is 0.579. The highest BCUT2D eigenvalue weighted by Gasteiger charge is 2.22. The maximum atomic E-state index is 13.4. The number of hydrogen-bond donors (Lipinski definition) is 0. The summed E-state index contributed by atoms with van der Waals surface area (Å²) >= 11 is 0. The predicted octanol–water partition coefficient (Wildman–Crippen LogP) is 2.00. The Labute approximate surface area is 98.3 Å². The zero-order chi connectivity index (χ0) is 13.4. The third-order valence-corrected chi connectivity index (χ3v) is 2.37. The van der Waals surface area contributed by atoms with E-state index in [9.17, 15) is 22.4 Å². The summed E-state index contributed by atoms with van der Waals surface area (Å²) in [5.74, 6) is -6.68.